The summed E-state index contributed by atoms with van der Waals surface area (Å²) in [5.41, 5.74) is 1.24. The maximum atomic E-state index is 5.07. The van der Waals surface area contributed by atoms with Crippen molar-refractivity contribution >= 4 is 0 Å². The van der Waals surface area contributed by atoms with Gasteiger partial charge in [0, 0.05) is 24.7 Å². The van der Waals surface area contributed by atoms with Gasteiger partial charge < -0.3 is 9.73 Å². The molecule has 0 amide bonds. The van der Waals surface area contributed by atoms with Crippen LogP contribution in [0.5, 0.6) is 0 Å². The lowest BCUT2D eigenvalue weighted by atomic mass is 10.0. The molecule has 1 rings (SSSR count). The van der Waals surface area contributed by atoms with Gasteiger partial charge in [-0.25, -0.2) is 0 Å². The van der Waals surface area contributed by atoms with E-state index in [9.17, 15) is 0 Å². The summed E-state index contributed by atoms with van der Waals surface area (Å²) in [6.45, 7) is 6.48. The van der Waals surface area contributed by atoms with Crippen molar-refractivity contribution in [1.82, 2.24) is 10.2 Å². The summed E-state index contributed by atoms with van der Waals surface area (Å²) < 4.78 is 5.07. The predicted molar refractivity (Wildman–Crippen MR) is 62.7 cm³/mol. The van der Waals surface area contributed by atoms with E-state index < -0.39 is 0 Å². The Kier molecular flexibility index (Phi) is 4.85. The van der Waals surface area contributed by atoms with Gasteiger partial charge in [-0.05, 0) is 26.1 Å². The second-order valence-electron chi connectivity index (χ2n) is 4.42. The highest BCUT2D eigenvalue weighted by molar-refractivity contribution is 5.05. The number of rotatable bonds is 6. The van der Waals surface area contributed by atoms with Gasteiger partial charge >= 0.3 is 0 Å². The van der Waals surface area contributed by atoms with Crippen molar-refractivity contribution in [3.05, 3.63) is 24.2 Å². The van der Waals surface area contributed by atoms with E-state index in [1.165, 1.54) is 5.56 Å². The van der Waals surface area contributed by atoms with Crippen molar-refractivity contribution in [1.29, 1.82) is 0 Å². The van der Waals surface area contributed by atoms with Crippen molar-refractivity contribution in [3.8, 4) is 0 Å². The van der Waals surface area contributed by atoms with Crippen LogP contribution in [0.25, 0.3) is 0 Å². The van der Waals surface area contributed by atoms with Crippen LogP contribution in [0.15, 0.2) is 23.0 Å². The lowest BCUT2D eigenvalue weighted by molar-refractivity contribution is 0.182. The SMILES string of the molecule is CNCC(C(C)C)N(C)Cc1ccoc1. The third kappa shape index (κ3) is 3.68. The molecule has 0 fully saturated rings. The van der Waals surface area contributed by atoms with E-state index in [1.54, 1.807) is 6.26 Å². The van der Waals surface area contributed by atoms with Crippen LogP contribution in [0, 0.1) is 5.92 Å². The summed E-state index contributed by atoms with van der Waals surface area (Å²) in [6.07, 6.45) is 3.54. The van der Waals surface area contributed by atoms with Gasteiger partial charge in [0.05, 0.1) is 12.5 Å². The monoisotopic (exact) mass is 210 g/mol. The first-order valence-corrected chi connectivity index (χ1v) is 5.51. The van der Waals surface area contributed by atoms with Crippen LogP contribution >= 0.6 is 0 Å². The largest absolute Gasteiger partial charge is 0.472 e. The molecule has 0 bridgehead atoms. The Hall–Kier alpha value is -0.800. The molecule has 0 saturated carbocycles. The van der Waals surface area contributed by atoms with Crippen molar-refractivity contribution in [3.63, 3.8) is 0 Å². The summed E-state index contributed by atoms with van der Waals surface area (Å²) in [5, 5.41) is 3.24. The Balaban J connectivity index is 2.52. The van der Waals surface area contributed by atoms with Gasteiger partial charge in [0.1, 0.15) is 0 Å². The molecule has 86 valence electrons. The van der Waals surface area contributed by atoms with Gasteiger partial charge in [0.25, 0.3) is 0 Å². The number of nitrogens with one attached hydrogen (secondary N) is 1. The molecule has 0 aliphatic heterocycles. The molecule has 0 aromatic carbocycles. The van der Waals surface area contributed by atoms with Crippen molar-refractivity contribution in [2.45, 2.75) is 26.4 Å². The molecule has 1 heterocycles. The van der Waals surface area contributed by atoms with Crippen LogP contribution in [0.4, 0.5) is 0 Å². The molecule has 0 spiro atoms. The van der Waals surface area contributed by atoms with Crippen molar-refractivity contribution in [2.75, 3.05) is 20.6 Å². The van der Waals surface area contributed by atoms with E-state index in [0.29, 0.717) is 12.0 Å². The third-order valence-corrected chi connectivity index (χ3v) is 2.76. The van der Waals surface area contributed by atoms with Crippen molar-refractivity contribution < 1.29 is 4.42 Å². The molecule has 3 heteroatoms. The van der Waals surface area contributed by atoms with Crippen molar-refractivity contribution in [2.24, 2.45) is 5.92 Å². The second kappa shape index (κ2) is 5.93. The zero-order valence-corrected chi connectivity index (χ0v) is 10.2. The Morgan fingerprint density at radius 3 is 2.67 bits per heavy atom. The predicted octanol–water partition coefficient (Wildman–Crippen LogP) is 1.96. The molecule has 3 nitrogen and oxygen atoms in total. The Labute approximate surface area is 92.5 Å². The van der Waals surface area contributed by atoms with Crippen LogP contribution in [0.2, 0.25) is 0 Å². The summed E-state index contributed by atoms with van der Waals surface area (Å²) in [7, 11) is 4.16. The molecule has 1 atom stereocenters. The van der Waals surface area contributed by atoms with Crippen LogP contribution in [-0.4, -0.2) is 31.6 Å². The van der Waals surface area contributed by atoms with Gasteiger partial charge in [-0.3, -0.25) is 4.90 Å². The number of hydrogen-bond donors (Lipinski definition) is 1. The van der Waals surface area contributed by atoms with E-state index >= 15 is 0 Å². The Morgan fingerprint density at radius 1 is 1.47 bits per heavy atom. The quantitative estimate of drug-likeness (QED) is 0.778. The molecule has 1 aromatic heterocycles. The van der Waals surface area contributed by atoms with Crippen LogP contribution in [0.3, 0.4) is 0 Å². The maximum Gasteiger partial charge on any atom is 0.0947 e. The fourth-order valence-corrected chi connectivity index (χ4v) is 1.90. The first kappa shape index (κ1) is 12.3. The average Bonchev–Trinajstić information content (AvgIpc) is 2.65. The molecule has 0 aliphatic carbocycles. The van der Waals surface area contributed by atoms with E-state index in [4.69, 9.17) is 4.42 Å². The zero-order chi connectivity index (χ0) is 11.3. The van der Waals surface area contributed by atoms with Crippen LogP contribution in [-0.2, 0) is 6.54 Å². The molecule has 15 heavy (non-hydrogen) atoms. The summed E-state index contributed by atoms with van der Waals surface area (Å²) in [5.74, 6) is 0.648. The normalized spacial score (nSPS) is 13.7. The smallest absolute Gasteiger partial charge is 0.0947 e. The molecule has 0 aliphatic rings. The minimum absolute atomic E-state index is 0.560. The summed E-state index contributed by atoms with van der Waals surface area (Å²) in [4.78, 5) is 2.37. The maximum absolute atomic E-state index is 5.07. The lowest BCUT2D eigenvalue weighted by Gasteiger charge is -2.30. The molecular weight excluding hydrogens is 188 g/mol. The lowest BCUT2D eigenvalue weighted by Crippen LogP contribution is -2.42. The minimum Gasteiger partial charge on any atom is -0.472 e. The molecule has 0 radical (unpaired) electrons. The molecule has 1 N–H and O–H groups in total. The molecule has 1 aromatic rings. The highest BCUT2D eigenvalue weighted by atomic mass is 16.3. The first-order valence-electron chi connectivity index (χ1n) is 5.51. The number of nitrogens with zero attached hydrogens (tertiary/aromatic N) is 1. The average molecular weight is 210 g/mol. The number of likely N-dealkylation sites (N-methyl/N-ethyl adjacent to an activating group) is 2. The molecule has 1 unspecified atom stereocenters. The Bertz CT molecular complexity index is 257. The highest BCUT2D eigenvalue weighted by Gasteiger charge is 2.17. The highest BCUT2D eigenvalue weighted by Crippen LogP contribution is 2.12. The second-order valence-corrected chi connectivity index (χ2v) is 4.42. The van der Waals surface area contributed by atoms with E-state index in [2.05, 4.69) is 31.1 Å². The summed E-state index contributed by atoms with van der Waals surface area (Å²) >= 11 is 0. The standard InChI is InChI=1S/C12H22N2O/c1-10(2)12(7-13-3)14(4)8-11-5-6-15-9-11/h5-6,9-10,12-13H,7-8H2,1-4H3. The summed E-state index contributed by atoms with van der Waals surface area (Å²) in [6, 6.07) is 2.58. The number of hydrogen-bond acceptors (Lipinski definition) is 3. The third-order valence-electron chi connectivity index (χ3n) is 2.76. The van der Waals surface area contributed by atoms with Crippen LogP contribution < -0.4 is 5.32 Å². The van der Waals surface area contributed by atoms with Gasteiger partial charge in [-0.2, -0.15) is 0 Å². The molecule has 0 saturated heterocycles. The fourth-order valence-electron chi connectivity index (χ4n) is 1.90. The number of furan rings is 1. The molecular formula is C12H22N2O. The first-order chi connectivity index (χ1) is 7.15. The van der Waals surface area contributed by atoms with Gasteiger partial charge in [0.15, 0.2) is 0 Å². The fraction of sp³-hybridized carbons (Fsp3) is 0.667. The van der Waals surface area contributed by atoms with Gasteiger partial charge in [-0.15, -0.1) is 0 Å². The van der Waals surface area contributed by atoms with Gasteiger partial charge in [-0.1, -0.05) is 13.8 Å². The van der Waals surface area contributed by atoms with E-state index in [1.807, 2.05) is 19.4 Å². The topological polar surface area (TPSA) is 28.4 Å². The minimum atomic E-state index is 0.560. The van der Waals surface area contributed by atoms with Gasteiger partial charge in [0.2, 0.25) is 0 Å². The zero-order valence-electron chi connectivity index (χ0n) is 10.2. The van der Waals surface area contributed by atoms with E-state index in [-0.39, 0.29) is 0 Å². The van der Waals surface area contributed by atoms with E-state index in [0.717, 1.165) is 13.1 Å². The Morgan fingerprint density at radius 2 is 2.20 bits per heavy atom. The van der Waals surface area contributed by atoms with Crippen LogP contribution in [0.1, 0.15) is 19.4 Å².